The second-order valence-corrected chi connectivity index (χ2v) is 11.2. The minimum atomic E-state index is -3.47. The third-order valence-corrected chi connectivity index (χ3v) is 6.90. The van der Waals surface area contributed by atoms with Crippen LogP contribution in [0.5, 0.6) is 0 Å². The molecule has 1 saturated heterocycles. The largest absolute Gasteiger partial charge is 0.444 e. The summed E-state index contributed by atoms with van der Waals surface area (Å²) in [5, 5.41) is 2.80. The van der Waals surface area contributed by atoms with Gasteiger partial charge in [0.25, 0.3) is 0 Å². The number of likely N-dealkylation sites (tertiary alicyclic amines) is 1. The Labute approximate surface area is 190 Å². The number of carbonyl (C=O) groups excluding carboxylic acids is 2. The number of hydrogen-bond acceptors (Lipinski definition) is 5. The molecule has 0 radical (unpaired) electrons. The summed E-state index contributed by atoms with van der Waals surface area (Å²) in [6.45, 7) is 7.28. The number of rotatable bonds is 7. The summed E-state index contributed by atoms with van der Waals surface area (Å²) < 4.78 is 32.3. The van der Waals surface area contributed by atoms with E-state index in [4.69, 9.17) is 4.74 Å². The maximum Gasteiger partial charge on any atom is 0.407 e. The number of sulfonamides is 1. The van der Waals surface area contributed by atoms with Gasteiger partial charge in [0.15, 0.2) is 0 Å². The molecule has 2 amide bonds. The van der Waals surface area contributed by atoms with E-state index < -0.39 is 21.7 Å². The fourth-order valence-electron chi connectivity index (χ4n) is 3.42. The van der Waals surface area contributed by atoms with Crippen LogP contribution in [0.25, 0.3) is 6.08 Å². The van der Waals surface area contributed by atoms with E-state index in [1.807, 2.05) is 20.8 Å². The van der Waals surface area contributed by atoms with Gasteiger partial charge in [-0.1, -0.05) is 12.1 Å². The highest BCUT2D eigenvalue weighted by Gasteiger charge is 2.28. The van der Waals surface area contributed by atoms with Gasteiger partial charge in [-0.25, -0.2) is 17.9 Å². The molecule has 1 aromatic rings. The summed E-state index contributed by atoms with van der Waals surface area (Å²) in [6, 6.07) is 6.56. The number of amides is 2. The SMILES string of the molecule is CC(C)(C)OC(=O)NCC1CCN(C(=O)/C=C/c2ccc(S(=O)(=O)NC3CC3)cc2)CC1. The maximum absolute atomic E-state index is 12.5. The van der Waals surface area contributed by atoms with E-state index >= 15 is 0 Å². The molecular formula is C23H33N3O5S. The molecule has 0 bridgehead atoms. The molecule has 3 rings (SSSR count). The Bertz CT molecular complexity index is 939. The standard InChI is InChI=1S/C23H33N3O5S/c1-23(2,3)31-22(28)24-16-18-12-14-26(15-13-18)21(27)11-6-17-4-9-20(10-5-17)32(29,30)25-19-7-8-19/h4-6,9-11,18-19,25H,7-8,12-16H2,1-3H3,(H,24,28)/b11-6+. The van der Waals surface area contributed by atoms with Crippen LogP contribution in [0.2, 0.25) is 0 Å². The van der Waals surface area contributed by atoms with E-state index in [9.17, 15) is 18.0 Å². The first-order valence-corrected chi connectivity index (χ1v) is 12.6. The summed E-state index contributed by atoms with van der Waals surface area (Å²) in [4.78, 5) is 26.3. The van der Waals surface area contributed by atoms with Gasteiger partial charge in [0, 0.05) is 31.8 Å². The maximum atomic E-state index is 12.5. The van der Waals surface area contributed by atoms with Crippen molar-refractivity contribution >= 4 is 28.1 Å². The molecule has 1 aliphatic heterocycles. The molecule has 32 heavy (non-hydrogen) atoms. The normalized spacial score (nSPS) is 18.0. The van der Waals surface area contributed by atoms with Crippen molar-refractivity contribution in [2.75, 3.05) is 19.6 Å². The van der Waals surface area contributed by atoms with Crippen molar-refractivity contribution in [2.45, 2.75) is 63.0 Å². The molecular weight excluding hydrogens is 430 g/mol. The van der Waals surface area contributed by atoms with Crippen LogP contribution in [0.3, 0.4) is 0 Å². The van der Waals surface area contributed by atoms with Gasteiger partial charge in [0.1, 0.15) is 5.60 Å². The quantitative estimate of drug-likeness (QED) is 0.605. The van der Waals surface area contributed by atoms with Crippen LogP contribution in [0.1, 0.15) is 52.0 Å². The molecule has 2 aliphatic rings. The fraction of sp³-hybridized carbons (Fsp3) is 0.565. The third kappa shape index (κ3) is 7.63. The number of benzene rings is 1. The predicted octanol–water partition coefficient (Wildman–Crippen LogP) is 2.90. The van der Waals surface area contributed by atoms with Crippen molar-refractivity contribution < 1.29 is 22.7 Å². The lowest BCUT2D eigenvalue weighted by Crippen LogP contribution is -2.41. The molecule has 1 aromatic carbocycles. The summed E-state index contributed by atoms with van der Waals surface area (Å²) in [7, 11) is -3.47. The number of nitrogens with one attached hydrogen (secondary N) is 2. The smallest absolute Gasteiger partial charge is 0.407 e. The molecule has 0 unspecified atom stereocenters. The lowest BCUT2D eigenvalue weighted by atomic mass is 9.97. The van der Waals surface area contributed by atoms with Gasteiger partial charge < -0.3 is 15.0 Å². The van der Waals surface area contributed by atoms with Gasteiger partial charge >= 0.3 is 6.09 Å². The van der Waals surface area contributed by atoms with E-state index in [1.54, 1.807) is 35.2 Å². The molecule has 2 fully saturated rings. The number of ether oxygens (including phenoxy) is 1. The second-order valence-electron chi connectivity index (χ2n) is 9.45. The van der Waals surface area contributed by atoms with E-state index in [0.717, 1.165) is 31.2 Å². The minimum Gasteiger partial charge on any atom is -0.444 e. The van der Waals surface area contributed by atoms with Crippen LogP contribution in [-0.2, 0) is 19.6 Å². The number of nitrogens with zero attached hydrogens (tertiary/aromatic N) is 1. The average molecular weight is 464 g/mol. The van der Waals surface area contributed by atoms with E-state index in [-0.39, 0.29) is 16.8 Å². The zero-order valence-corrected chi connectivity index (χ0v) is 19.8. The molecule has 0 atom stereocenters. The van der Waals surface area contributed by atoms with Gasteiger partial charge in [0.2, 0.25) is 15.9 Å². The van der Waals surface area contributed by atoms with Crippen molar-refractivity contribution in [2.24, 2.45) is 5.92 Å². The molecule has 1 heterocycles. The average Bonchev–Trinajstić information content (AvgIpc) is 3.53. The Kier molecular flexibility index (Phi) is 7.61. The van der Waals surface area contributed by atoms with Crippen molar-refractivity contribution in [1.82, 2.24) is 14.9 Å². The first-order chi connectivity index (χ1) is 15.0. The van der Waals surface area contributed by atoms with Crippen molar-refractivity contribution in [1.29, 1.82) is 0 Å². The summed E-state index contributed by atoms with van der Waals surface area (Å²) in [6.07, 6.45) is 6.21. The Morgan fingerprint density at radius 1 is 1.09 bits per heavy atom. The summed E-state index contributed by atoms with van der Waals surface area (Å²) >= 11 is 0. The highest BCUT2D eigenvalue weighted by Crippen LogP contribution is 2.22. The summed E-state index contributed by atoms with van der Waals surface area (Å²) in [5.41, 5.74) is 0.244. The first kappa shape index (κ1) is 24.3. The predicted molar refractivity (Wildman–Crippen MR) is 122 cm³/mol. The molecule has 2 N–H and O–H groups in total. The Balaban J connectivity index is 1.43. The Hall–Kier alpha value is -2.39. The lowest BCUT2D eigenvalue weighted by Gasteiger charge is -2.31. The van der Waals surface area contributed by atoms with Crippen molar-refractivity contribution in [3.05, 3.63) is 35.9 Å². The monoisotopic (exact) mass is 463 g/mol. The van der Waals surface area contributed by atoms with Crippen LogP contribution < -0.4 is 10.0 Å². The highest BCUT2D eigenvalue weighted by molar-refractivity contribution is 7.89. The van der Waals surface area contributed by atoms with Crippen LogP contribution >= 0.6 is 0 Å². The van der Waals surface area contributed by atoms with E-state index in [1.165, 1.54) is 6.08 Å². The number of alkyl carbamates (subject to hydrolysis) is 1. The van der Waals surface area contributed by atoms with Gasteiger partial charge in [-0.15, -0.1) is 0 Å². The highest BCUT2D eigenvalue weighted by atomic mass is 32.2. The van der Waals surface area contributed by atoms with Crippen LogP contribution in [0, 0.1) is 5.92 Å². The second kappa shape index (κ2) is 10.0. The number of carbonyl (C=O) groups is 2. The van der Waals surface area contributed by atoms with Gasteiger partial charge in [-0.05, 0) is 76.1 Å². The van der Waals surface area contributed by atoms with Gasteiger partial charge in [-0.2, -0.15) is 0 Å². The molecule has 9 heteroatoms. The topological polar surface area (TPSA) is 105 Å². The zero-order valence-electron chi connectivity index (χ0n) is 19.0. The van der Waals surface area contributed by atoms with Crippen LogP contribution in [0.4, 0.5) is 4.79 Å². The molecule has 1 saturated carbocycles. The molecule has 0 spiro atoms. The van der Waals surface area contributed by atoms with Crippen LogP contribution in [0.15, 0.2) is 35.2 Å². The van der Waals surface area contributed by atoms with Crippen molar-refractivity contribution in [3.8, 4) is 0 Å². The Morgan fingerprint density at radius 3 is 2.28 bits per heavy atom. The molecule has 176 valence electrons. The Morgan fingerprint density at radius 2 is 1.72 bits per heavy atom. The third-order valence-electron chi connectivity index (χ3n) is 5.37. The van der Waals surface area contributed by atoms with E-state index in [2.05, 4.69) is 10.0 Å². The van der Waals surface area contributed by atoms with Crippen molar-refractivity contribution in [3.63, 3.8) is 0 Å². The number of piperidine rings is 1. The molecule has 8 nitrogen and oxygen atoms in total. The van der Waals surface area contributed by atoms with Crippen LogP contribution in [-0.4, -0.2) is 56.6 Å². The zero-order chi connectivity index (χ0) is 23.4. The first-order valence-electron chi connectivity index (χ1n) is 11.1. The van der Waals surface area contributed by atoms with E-state index in [0.29, 0.717) is 25.6 Å². The lowest BCUT2D eigenvalue weighted by molar-refractivity contribution is -0.127. The minimum absolute atomic E-state index is 0.0643. The molecule has 0 aromatic heterocycles. The van der Waals surface area contributed by atoms with Gasteiger partial charge in [0.05, 0.1) is 4.90 Å². The number of hydrogen-bond donors (Lipinski definition) is 2. The fourth-order valence-corrected chi connectivity index (χ4v) is 4.72. The molecule has 1 aliphatic carbocycles. The van der Waals surface area contributed by atoms with Gasteiger partial charge in [-0.3, -0.25) is 4.79 Å². The summed E-state index contributed by atoms with van der Waals surface area (Å²) in [5.74, 6) is 0.241.